The van der Waals surface area contributed by atoms with Crippen LogP contribution in [0.1, 0.15) is 25.5 Å². The van der Waals surface area contributed by atoms with Gasteiger partial charge in [0.05, 0.1) is 7.11 Å². The number of piperidine rings is 1. The summed E-state index contributed by atoms with van der Waals surface area (Å²) in [6, 6.07) is 8.30. The van der Waals surface area contributed by atoms with Crippen molar-refractivity contribution in [1.82, 2.24) is 4.98 Å². The summed E-state index contributed by atoms with van der Waals surface area (Å²) in [5, 5.41) is 10.5. The number of nitrogens with zero attached hydrogens (tertiary/aromatic N) is 2. The molecule has 0 aliphatic carbocycles. The van der Waals surface area contributed by atoms with Gasteiger partial charge in [0.25, 0.3) is 0 Å². The number of fused-ring (bicyclic) bond motifs is 1. The van der Waals surface area contributed by atoms with Gasteiger partial charge in [0.15, 0.2) is 0 Å². The molecular formula is C19H26N2O2. The molecule has 1 unspecified atom stereocenters. The van der Waals surface area contributed by atoms with Gasteiger partial charge in [-0.05, 0) is 43.7 Å². The molecular weight excluding hydrogens is 288 g/mol. The average Bonchev–Trinajstić information content (AvgIpc) is 2.60. The molecule has 1 aliphatic heterocycles. The predicted octanol–water partition coefficient (Wildman–Crippen LogP) is 3.40. The number of anilines is 1. The summed E-state index contributed by atoms with van der Waals surface area (Å²) in [7, 11) is 1.69. The van der Waals surface area contributed by atoms with Crippen LogP contribution in [0, 0.1) is 18.8 Å². The van der Waals surface area contributed by atoms with Crippen LogP contribution in [0.3, 0.4) is 0 Å². The summed E-state index contributed by atoms with van der Waals surface area (Å²) in [6.45, 7) is 6.54. The van der Waals surface area contributed by atoms with E-state index >= 15 is 0 Å². The Morgan fingerprint density at radius 1 is 1.35 bits per heavy atom. The third kappa shape index (κ3) is 3.13. The molecule has 0 amide bonds. The van der Waals surface area contributed by atoms with Crippen LogP contribution in [-0.4, -0.2) is 36.9 Å². The molecule has 2 heterocycles. The third-order valence-corrected chi connectivity index (χ3v) is 5.10. The lowest BCUT2D eigenvalue weighted by Gasteiger charge is -2.36. The first kappa shape index (κ1) is 16.1. The van der Waals surface area contributed by atoms with E-state index in [9.17, 15) is 5.11 Å². The molecule has 1 atom stereocenters. The fourth-order valence-corrected chi connectivity index (χ4v) is 3.61. The van der Waals surface area contributed by atoms with Crippen molar-refractivity contribution in [3.63, 3.8) is 0 Å². The van der Waals surface area contributed by atoms with Crippen molar-refractivity contribution < 1.29 is 9.84 Å². The largest absolute Gasteiger partial charge is 0.494 e. The van der Waals surface area contributed by atoms with E-state index in [0.717, 1.165) is 48.3 Å². The monoisotopic (exact) mass is 314 g/mol. The Hall–Kier alpha value is -1.81. The zero-order valence-corrected chi connectivity index (χ0v) is 14.2. The lowest BCUT2D eigenvalue weighted by Crippen LogP contribution is -2.36. The molecule has 124 valence electrons. The maximum absolute atomic E-state index is 9.37. The van der Waals surface area contributed by atoms with Gasteiger partial charge >= 0.3 is 0 Å². The molecule has 23 heavy (non-hydrogen) atoms. The van der Waals surface area contributed by atoms with Gasteiger partial charge in [0.1, 0.15) is 11.3 Å². The van der Waals surface area contributed by atoms with E-state index in [2.05, 4.69) is 28.9 Å². The Morgan fingerprint density at radius 2 is 2.09 bits per heavy atom. The maximum atomic E-state index is 9.37. The third-order valence-electron chi connectivity index (χ3n) is 5.10. The Morgan fingerprint density at radius 3 is 2.74 bits per heavy atom. The Labute approximate surface area is 138 Å². The second-order valence-corrected chi connectivity index (χ2v) is 6.62. The predicted molar refractivity (Wildman–Crippen MR) is 94.2 cm³/mol. The van der Waals surface area contributed by atoms with Crippen LogP contribution in [0.4, 0.5) is 5.69 Å². The summed E-state index contributed by atoms with van der Waals surface area (Å²) in [4.78, 5) is 7.13. The van der Waals surface area contributed by atoms with Crippen molar-refractivity contribution in [2.45, 2.75) is 26.7 Å². The second kappa shape index (κ2) is 6.75. The standard InChI is InChI=1S/C19H26N2O2/c1-13(12-22)15-7-9-21(10-8-15)17-11-14(2)20-19-16(17)5-4-6-18(19)23-3/h4-6,11,13,15,22H,7-10,12H2,1-3H3. The zero-order valence-electron chi connectivity index (χ0n) is 14.2. The molecule has 0 radical (unpaired) electrons. The molecule has 1 aliphatic rings. The van der Waals surface area contributed by atoms with Gasteiger partial charge in [-0.15, -0.1) is 0 Å². The van der Waals surface area contributed by atoms with Crippen LogP contribution in [0.5, 0.6) is 5.75 Å². The topological polar surface area (TPSA) is 45.6 Å². The summed E-state index contributed by atoms with van der Waals surface area (Å²) < 4.78 is 5.48. The number of pyridine rings is 1. The fraction of sp³-hybridized carbons (Fsp3) is 0.526. The lowest BCUT2D eigenvalue weighted by atomic mass is 9.85. The molecule has 1 aromatic heterocycles. The van der Waals surface area contributed by atoms with Crippen molar-refractivity contribution in [3.05, 3.63) is 30.0 Å². The smallest absolute Gasteiger partial charge is 0.145 e. The summed E-state index contributed by atoms with van der Waals surface area (Å²) in [6.07, 6.45) is 2.27. The number of para-hydroxylation sites is 1. The van der Waals surface area contributed by atoms with E-state index in [4.69, 9.17) is 4.74 Å². The summed E-state index contributed by atoms with van der Waals surface area (Å²) >= 11 is 0. The number of aromatic nitrogens is 1. The summed E-state index contributed by atoms with van der Waals surface area (Å²) in [5.41, 5.74) is 3.21. The van der Waals surface area contributed by atoms with Crippen molar-refractivity contribution >= 4 is 16.6 Å². The number of aryl methyl sites for hydroxylation is 1. The first-order valence-corrected chi connectivity index (χ1v) is 8.44. The number of benzene rings is 1. The molecule has 0 spiro atoms. The van der Waals surface area contributed by atoms with E-state index < -0.39 is 0 Å². The van der Waals surface area contributed by atoms with Gasteiger partial charge in [0.2, 0.25) is 0 Å². The number of methoxy groups -OCH3 is 1. The maximum Gasteiger partial charge on any atom is 0.145 e. The highest BCUT2D eigenvalue weighted by atomic mass is 16.5. The molecule has 4 nitrogen and oxygen atoms in total. The highest BCUT2D eigenvalue weighted by Crippen LogP contribution is 2.35. The Kier molecular flexibility index (Phi) is 4.71. The molecule has 1 saturated heterocycles. The van der Waals surface area contributed by atoms with Crippen LogP contribution in [0.15, 0.2) is 24.3 Å². The molecule has 2 aromatic rings. The molecule has 1 fully saturated rings. The highest BCUT2D eigenvalue weighted by Gasteiger charge is 2.25. The van der Waals surface area contributed by atoms with Gasteiger partial charge in [-0.25, -0.2) is 4.98 Å². The minimum Gasteiger partial charge on any atom is -0.494 e. The second-order valence-electron chi connectivity index (χ2n) is 6.62. The van der Waals surface area contributed by atoms with E-state index in [1.807, 2.05) is 19.1 Å². The molecule has 0 bridgehead atoms. The van der Waals surface area contributed by atoms with Crippen LogP contribution in [-0.2, 0) is 0 Å². The van der Waals surface area contributed by atoms with Crippen molar-refractivity contribution in [1.29, 1.82) is 0 Å². The van der Waals surface area contributed by atoms with Crippen molar-refractivity contribution in [2.24, 2.45) is 11.8 Å². The first-order valence-electron chi connectivity index (χ1n) is 8.44. The minimum absolute atomic E-state index is 0.291. The van der Waals surface area contributed by atoms with E-state index in [1.165, 1.54) is 5.69 Å². The number of ether oxygens (including phenoxy) is 1. The average molecular weight is 314 g/mol. The van der Waals surface area contributed by atoms with Crippen molar-refractivity contribution in [3.8, 4) is 5.75 Å². The van der Waals surface area contributed by atoms with Gasteiger partial charge < -0.3 is 14.7 Å². The van der Waals surface area contributed by atoms with Crippen LogP contribution < -0.4 is 9.64 Å². The van der Waals surface area contributed by atoms with Gasteiger partial charge in [-0.2, -0.15) is 0 Å². The SMILES string of the molecule is COc1cccc2c(N3CCC(C(C)CO)CC3)cc(C)nc12. The van der Waals surface area contributed by atoms with Gasteiger partial charge in [-0.1, -0.05) is 19.1 Å². The number of aliphatic hydroxyl groups excluding tert-OH is 1. The molecule has 4 heteroatoms. The first-order chi connectivity index (χ1) is 11.1. The quantitative estimate of drug-likeness (QED) is 0.939. The van der Waals surface area contributed by atoms with Crippen LogP contribution in [0.2, 0.25) is 0 Å². The molecule has 0 saturated carbocycles. The van der Waals surface area contributed by atoms with Crippen LogP contribution >= 0.6 is 0 Å². The normalized spacial score (nSPS) is 17.5. The van der Waals surface area contributed by atoms with Crippen LogP contribution in [0.25, 0.3) is 10.9 Å². The lowest BCUT2D eigenvalue weighted by molar-refractivity contribution is 0.170. The fourth-order valence-electron chi connectivity index (χ4n) is 3.61. The number of hydrogen-bond acceptors (Lipinski definition) is 4. The van der Waals surface area contributed by atoms with E-state index in [0.29, 0.717) is 18.4 Å². The Balaban J connectivity index is 1.92. The van der Waals surface area contributed by atoms with E-state index in [1.54, 1.807) is 7.11 Å². The Bertz CT molecular complexity index is 678. The molecule has 1 N–H and O–H groups in total. The zero-order chi connectivity index (χ0) is 16.4. The summed E-state index contributed by atoms with van der Waals surface area (Å²) in [5.74, 6) is 1.85. The van der Waals surface area contributed by atoms with Gasteiger partial charge in [-0.3, -0.25) is 0 Å². The highest BCUT2D eigenvalue weighted by molar-refractivity contribution is 5.95. The molecule has 3 rings (SSSR count). The van der Waals surface area contributed by atoms with E-state index in [-0.39, 0.29) is 0 Å². The minimum atomic E-state index is 0.291. The number of aliphatic hydroxyl groups is 1. The number of hydrogen-bond donors (Lipinski definition) is 1. The van der Waals surface area contributed by atoms with Gasteiger partial charge in [0, 0.05) is 36.5 Å². The number of rotatable bonds is 4. The molecule has 1 aromatic carbocycles. The van der Waals surface area contributed by atoms with Crippen molar-refractivity contribution in [2.75, 3.05) is 31.7 Å².